The number of anilines is 3. The quantitative estimate of drug-likeness (QED) is 0.571. The molecular formula is C9H9N9. The Morgan fingerprint density at radius 3 is 1.17 bits per heavy atom. The highest BCUT2D eigenvalue weighted by Crippen LogP contribution is 2.08. The highest BCUT2D eigenvalue weighted by Gasteiger charge is 2.05. The Bertz CT molecular complexity index is 430. The number of hydrogen-bond donors (Lipinski definition) is 3. The first kappa shape index (κ1) is 12.9. The van der Waals surface area contributed by atoms with Gasteiger partial charge in [-0.1, -0.05) is 0 Å². The minimum atomic E-state index is 0.0411. The van der Waals surface area contributed by atoms with Crippen molar-refractivity contribution in [3.63, 3.8) is 0 Å². The van der Waals surface area contributed by atoms with Crippen LogP contribution in [0.25, 0.3) is 0 Å². The van der Waals surface area contributed by atoms with Gasteiger partial charge in [-0.3, -0.25) is 0 Å². The smallest absolute Gasteiger partial charge is 0.230 e. The van der Waals surface area contributed by atoms with Crippen LogP contribution < -0.4 is 16.0 Å². The van der Waals surface area contributed by atoms with Gasteiger partial charge in [-0.15, -0.1) is 0 Å². The summed E-state index contributed by atoms with van der Waals surface area (Å²) in [7, 11) is 0. The van der Waals surface area contributed by atoms with Crippen LogP contribution in [0.3, 0.4) is 0 Å². The summed E-state index contributed by atoms with van der Waals surface area (Å²) < 4.78 is 0. The molecule has 0 bridgehead atoms. The highest BCUT2D eigenvalue weighted by atomic mass is 15.3. The summed E-state index contributed by atoms with van der Waals surface area (Å²) in [6.45, 7) is 0.123. The predicted molar refractivity (Wildman–Crippen MR) is 62.1 cm³/mol. The summed E-state index contributed by atoms with van der Waals surface area (Å²) in [6, 6.07) is 5.65. The largest absolute Gasteiger partial charge is 0.341 e. The van der Waals surface area contributed by atoms with Crippen LogP contribution in [0.2, 0.25) is 0 Å². The normalized spacial score (nSPS) is 8.50. The van der Waals surface area contributed by atoms with Crippen LogP contribution >= 0.6 is 0 Å². The Morgan fingerprint density at radius 2 is 0.944 bits per heavy atom. The predicted octanol–water partition coefficient (Wildman–Crippen LogP) is -0.322. The number of aromatic nitrogens is 3. The lowest BCUT2D eigenvalue weighted by Gasteiger charge is -2.07. The second kappa shape index (κ2) is 7.20. The van der Waals surface area contributed by atoms with Crippen LogP contribution in [0.4, 0.5) is 17.8 Å². The van der Waals surface area contributed by atoms with Gasteiger partial charge in [-0.2, -0.15) is 30.7 Å². The van der Waals surface area contributed by atoms with E-state index in [9.17, 15) is 0 Å². The van der Waals surface area contributed by atoms with Gasteiger partial charge in [0.05, 0.1) is 18.2 Å². The molecule has 0 fully saturated rings. The van der Waals surface area contributed by atoms with E-state index in [0.29, 0.717) is 0 Å². The molecule has 1 heterocycles. The molecule has 0 aliphatic heterocycles. The van der Waals surface area contributed by atoms with Gasteiger partial charge in [-0.05, 0) is 0 Å². The standard InChI is InChI=1S/C9H9N9/c10-1-4-13-7-16-8(14-5-2-11)18-9(17-7)15-6-3-12/h4-6H2,(H3,13,14,15,16,17,18). The Labute approximate surface area is 103 Å². The average molecular weight is 243 g/mol. The van der Waals surface area contributed by atoms with Gasteiger partial charge >= 0.3 is 0 Å². The summed E-state index contributed by atoms with van der Waals surface area (Å²) in [5.74, 6) is 0.562. The first-order valence-electron chi connectivity index (χ1n) is 4.88. The van der Waals surface area contributed by atoms with Crippen LogP contribution in [-0.4, -0.2) is 34.6 Å². The lowest BCUT2D eigenvalue weighted by Crippen LogP contribution is -2.13. The lowest BCUT2D eigenvalue weighted by atomic mass is 10.6. The van der Waals surface area contributed by atoms with Crippen molar-refractivity contribution in [3.05, 3.63) is 0 Å². The minimum absolute atomic E-state index is 0.0411. The molecule has 0 spiro atoms. The fourth-order valence-electron chi connectivity index (χ4n) is 0.969. The van der Waals surface area contributed by atoms with Crippen LogP contribution in [0.15, 0.2) is 0 Å². The molecule has 1 aromatic heterocycles. The highest BCUT2D eigenvalue weighted by molar-refractivity contribution is 5.43. The van der Waals surface area contributed by atoms with Crippen molar-refractivity contribution in [3.8, 4) is 18.2 Å². The number of nitrogens with one attached hydrogen (secondary N) is 3. The Morgan fingerprint density at radius 1 is 0.667 bits per heavy atom. The van der Waals surface area contributed by atoms with Gasteiger partial charge in [0.1, 0.15) is 19.6 Å². The van der Waals surface area contributed by atoms with E-state index in [2.05, 4.69) is 30.9 Å². The molecule has 0 saturated heterocycles. The van der Waals surface area contributed by atoms with E-state index >= 15 is 0 Å². The molecule has 18 heavy (non-hydrogen) atoms. The molecule has 1 aromatic rings. The third kappa shape index (κ3) is 4.17. The molecule has 0 amide bonds. The molecule has 1 rings (SSSR count). The van der Waals surface area contributed by atoms with Gasteiger partial charge in [0, 0.05) is 0 Å². The van der Waals surface area contributed by atoms with E-state index in [4.69, 9.17) is 15.8 Å². The SMILES string of the molecule is N#CCNc1nc(NCC#N)nc(NCC#N)n1. The summed E-state index contributed by atoms with van der Waals surface area (Å²) in [5.41, 5.74) is 0. The molecule has 0 aliphatic carbocycles. The summed E-state index contributed by atoms with van der Waals surface area (Å²) in [4.78, 5) is 11.8. The van der Waals surface area contributed by atoms with Gasteiger partial charge in [0.25, 0.3) is 0 Å². The third-order valence-electron chi connectivity index (χ3n) is 1.61. The Balaban J connectivity index is 2.86. The second-order valence-corrected chi connectivity index (χ2v) is 2.84. The molecule has 0 aromatic carbocycles. The molecule has 0 saturated carbocycles. The molecule has 9 nitrogen and oxygen atoms in total. The summed E-state index contributed by atoms with van der Waals surface area (Å²) in [5, 5.41) is 33.3. The summed E-state index contributed by atoms with van der Waals surface area (Å²) >= 11 is 0. The topological polar surface area (TPSA) is 146 Å². The molecule has 0 aliphatic rings. The van der Waals surface area contributed by atoms with E-state index in [1.165, 1.54) is 0 Å². The zero-order chi connectivity index (χ0) is 13.2. The van der Waals surface area contributed by atoms with Crippen molar-refractivity contribution in [2.24, 2.45) is 0 Å². The Kier molecular flexibility index (Phi) is 5.18. The van der Waals surface area contributed by atoms with Crippen molar-refractivity contribution in [1.82, 2.24) is 15.0 Å². The van der Waals surface area contributed by atoms with Crippen molar-refractivity contribution in [2.45, 2.75) is 0 Å². The van der Waals surface area contributed by atoms with E-state index < -0.39 is 0 Å². The van der Waals surface area contributed by atoms with Crippen molar-refractivity contribution in [2.75, 3.05) is 35.6 Å². The van der Waals surface area contributed by atoms with Crippen LogP contribution in [0.1, 0.15) is 0 Å². The second-order valence-electron chi connectivity index (χ2n) is 2.84. The zero-order valence-corrected chi connectivity index (χ0v) is 9.30. The number of nitrogens with zero attached hydrogens (tertiary/aromatic N) is 6. The number of hydrogen-bond acceptors (Lipinski definition) is 9. The number of nitriles is 3. The Hall–Kier alpha value is -3.12. The van der Waals surface area contributed by atoms with E-state index in [1.54, 1.807) is 0 Å². The maximum Gasteiger partial charge on any atom is 0.230 e. The molecule has 9 heteroatoms. The molecule has 0 radical (unpaired) electrons. The van der Waals surface area contributed by atoms with Crippen LogP contribution in [0.5, 0.6) is 0 Å². The van der Waals surface area contributed by atoms with Crippen molar-refractivity contribution < 1.29 is 0 Å². The van der Waals surface area contributed by atoms with Gasteiger partial charge in [0.15, 0.2) is 0 Å². The fourth-order valence-corrected chi connectivity index (χ4v) is 0.969. The van der Waals surface area contributed by atoms with E-state index in [1.807, 2.05) is 18.2 Å². The monoisotopic (exact) mass is 243 g/mol. The minimum Gasteiger partial charge on any atom is -0.341 e. The first-order valence-corrected chi connectivity index (χ1v) is 4.88. The van der Waals surface area contributed by atoms with Crippen LogP contribution in [-0.2, 0) is 0 Å². The maximum atomic E-state index is 8.45. The van der Waals surface area contributed by atoms with Crippen molar-refractivity contribution >= 4 is 17.8 Å². The first-order chi connectivity index (χ1) is 8.80. The van der Waals surface area contributed by atoms with Crippen LogP contribution in [0, 0.1) is 34.0 Å². The van der Waals surface area contributed by atoms with Gasteiger partial charge < -0.3 is 16.0 Å². The molecule has 3 N–H and O–H groups in total. The molecule has 0 atom stereocenters. The number of rotatable bonds is 6. The zero-order valence-electron chi connectivity index (χ0n) is 9.30. The molecular weight excluding hydrogens is 234 g/mol. The van der Waals surface area contributed by atoms with E-state index in [0.717, 1.165) is 0 Å². The summed E-state index contributed by atoms with van der Waals surface area (Å²) in [6.07, 6.45) is 0. The third-order valence-corrected chi connectivity index (χ3v) is 1.61. The maximum absolute atomic E-state index is 8.45. The average Bonchev–Trinajstić information content (AvgIpc) is 2.40. The van der Waals surface area contributed by atoms with Crippen molar-refractivity contribution in [1.29, 1.82) is 15.8 Å². The molecule has 0 unspecified atom stereocenters. The fraction of sp³-hybridized carbons (Fsp3) is 0.333. The molecule has 90 valence electrons. The van der Waals surface area contributed by atoms with E-state index in [-0.39, 0.29) is 37.5 Å². The van der Waals surface area contributed by atoms with Gasteiger partial charge in [-0.25, -0.2) is 0 Å². The van der Waals surface area contributed by atoms with Gasteiger partial charge in [0.2, 0.25) is 17.8 Å². The lowest BCUT2D eigenvalue weighted by molar-refractivity contribution is 1.01.